The van der Waals surface area contributed by atoms with Crippen LogP contribution >= 0.6 is 38.9 Å². The molecule has 2 nitrogen and oxygen atoms in total. The zero-order chi connectivity index (χ0) is 13.0. The summed E-state index contributed by atoms with van der Waals surface area (Å²) >= 11 is 11.1. The fraction of sp³-hybridized carbons (Fsp3) is 0.231. The minimum absolute atomic E-state index is 0.470. The molecule has 18 heavy (non-hydrogen) atoms. The normalized spacial score (nSPS) is 12.6. The molecule has 2 rings (SSSR count). The van der Waals surface area contributed by atoms with E-state index < -0.39 is 6.10 Å². The summed E-state index contributed by atoms with van der Waals surface area (Å²) in [4.78, 5) is 0. The Morgan fingerprint density at radius 2 is 2.22 bits per heavy atom. The van der Waals surface area contributed by atoms with E-state index in [0.29, 0.717) is 13.1 Å². The predicted octanol–water partition coefficient (Wildman–Crippen LogP) is 3.99. The molecule has 0 radical (unpaired) electrons. The number of hydrogen-bond acceptors (Lipinski definition) is 3. The number of rotatable bonds is 5. The highest BCUT2D eigenvalue weighted by atomic mass is 79.9. The number of hydrogen-bond donors (Lipinski definition) is 2. The summed E-state index contributed by atoms with van der Waals surface area (Å²) in [7, 11) is 0. The van der Waals surface area contributed by atoms with Gasteiger partial charge in [-0.3, -0.25) is 0 Å². The van der Waals surface area contributed by atoms with E-state index in [1.165, 1.54) is 0 Å². The molecule has 0 aliphatic carbocycles. The molecule has 0 saturated carbocycles. The van der Waals surface area contributed by atoms with Crippen LogP contribution in [0.3, 0.4) is 0 Å². The Morgan fingerprint density at radius 1 is 1.39 bits per heavy atom. The molecular formula is C13H13BrClNOS. The lowest BCUT2D eigenvalue weighted by atomic mass is 10.2. The predicted molar refractivity (Wildman–Crippen MR) is 80.1 cm³/mol. The minimum atomic E-state index is -0.470. The van der Waals surface area contributed by atoms with Gasteiger partial charge in [0.25, 0.3) is 0 Å². The molecule has 0 fully saturated rings. The van der Waals surface area contributed by atoms with Crippen molar-refractivity contribution in [1.82, 2.24) is 5.32 Å². The van der Waals surface area contributed by atoms with Crippen LogP contribution in [-0.2, 0) is 6.54 Å². The van der Waals surface area contributed by atoms with Gasteiger partial charge in [0.05, 0.1) is 6.10 Å². The van der Waals surface area contributed by atoms with E-state index in [4.69, 9.17) is 11.6 Å². The second-order valence-corrected chi connectivity index (χ2v) is 6.04. The number of halogens is 2. The molecule has 0 aliphatic heterocycles. The first-order chi connectivity index (χ1) is 8.66. The van der Waals surface area contributed by atoms with Crippen molar-refractivity contribution in [1.29, 1.82) is 0 Å². The van der Waals surface area contributed by atoms with Gasteiger partial charge in [-0.25, -0.2) is 0 Å². The molecule has 1 atom stereocenters. The van der Waals surface area contributed by atoms with Gasteiger partial charge in [0, 0.05) is 22.6 Å². The van der Waals surface area contributed by atoms with Crippen molar-refractivity contribution in [3.63, 3.8) is 0 Å². The Balaban J connectivity index is 1.87. The maximum absolute atomic E-state index is 9.91. The smallest absolute Gasteiger partial charge is 0.0922 e. The molecular weight excluding hydrogens is 334 g/mol. The number of nitrogens with one attached hydrogen (secondary N) is 1. The summed E-state index contributed by atoms with van der Waals surface area (Å²) in [5, 5.41) is 17.8. The van der Waals surface area contributed by atoms with Gasteiger partial charge in [-0.1, -0.05) is 27.5 Å². The summed E-state index contributed by atoms with van der Waals surface area (Å²) in [6.45, 7) is 1.15. The minimum Gasteiger partial charge on any atom is -0.387 e. The molecule has 1 aromatic heterocycles. The van der Waals surface area contributed by atoms with Crippen LogP contribution in [0.25, 0.3) is 0 Å². The van der Waals surface area contributed by atoms with Gasteiger partial charge in [0.1, 0.15) is 0 Å². The van der Waals surface area contributed by atoms with Crippen LogP contribution in [-0.4, -0.2) is 11.7 Å². The first-order valence-electron chi connectivity index (χ1n) is 5.51. The monoisotopic (exact) mass is 345 g/mol. The van der Waals surface area contributed by atoms with Gasteiger partial charge in [-0.2, -0.15) is 11.3 Å². The molecule has 0 spiro atoms. The molecule has 2 aromatic rings. The van der Waals surface area contributed by atoms with Crippen LogP contribution in [0.2, 0.25) is 5.02 Å². The average Bonchev–Trinajstić information content (AvgIpc) is 2.87. The third kappa shape index (κ3) is 3.80. The summed E-state index contributed by atoms with van der Waals surface area (Å²) in [6.07, 6.45) is -0.470. The summed E-state index contributed by atoms with van der Waals surface area (Å²) in [5.41, 5.74) is 1.97. The van der Waals surface area contributed by atoms with Gasteiger partial charge in [0.15, 0.2) is 0 Å². The molecule has 0 saturated heterocycles. The van der Waals surface area contributed by atoms with Gasteiger partial charge in [-0.15, -0.1) is 0 Å². The molecule has 0 bridgehead atoms. The van der Waals surface area contributed by atoms with E-state index in [9.17, 15) is 5.11 Å². The highest BCUT2D eigenvalue weighted by Crippen LogP contribution is 2.21. The maximum Gasteiger partial charge on any atom is 0.0922 e. The van der Waals surface area contributed by atoms with Crippen LogP contribution in [0.15, 0.2) is 39.5 Å². The van der Waals surface area contributed by atoms with Crippen molar-refractivity contribution in [3.8, 4) is 0 Å². The molecule has 1 aromatic carbocycles. The first kappa shape index (κ1) is 14.0. The first-order valence-corrected chi connectivity index (χ1v) is 7.63. The molecule has 1 unspecified atom stereocenters. The van der Waals surface area contributed by atoms with E-state index in [-0.39, 0.29) is 0 Å². The van der Waals surface area contributed by atoms with Crippen LogP contribution < -0.4 is 5.32 Å². The Hall–Kier alpha value is -0.390. The van der Waals surface area contributed by atoms with E-state index in [1.807, 2.05) is 35.0 Å². The Morgan fingerprint density at radius 3 is 2.94 bits per heavy atom. The molecule has 2 N–H and O–H groups in total. The maximum atomic E-state index is 9.91. The van der Waals surface area contributed by atoms with Gasteiger partial charge in [0.2, 0.25) is 0 Å². The zero-order valence-electron chi connectivity index (χ0n) is 9.57. The molecule has 5 heteroatoms. The van der Waals surface area contributed by atoms with Gasteiger partial charge < -0.3 is 10.4 Å². The number of aliphatic hydroxyl groups is 1. The Kier molecular flexibility index (Phi) is 5.21. The van der Waals surface area contributed by atoms with Crippen LogP contribution in [0, 0.1) is 0 Å². The van der Waals surface area contributed by atoms with Crippen molar-refractivity contribution in [2.24, 2.45) is 0 Å². The van der Waals surface area contributed by atoms with E-state index >= 15 is 0 Å². The van der Waals surface area contributed by atoms with Crippen molar-refractivity contribution < 1.29 is 5.11 Å². The van der Waals surface area contributed by atoms with Gasteiger partial charge in [-0.05, 0) is 46.2 Å². The largest absolute Gasteiger partial charge is 0.387 e. The third-order valence-electron chi connectivity index (χ3n) is 2.59. The van der Waals surface area contributed by atoms with Crippen molar-refractivity contribution in [2.75, 3.05) is 6.54 Å². The molecule has 0 aliphatic rings. The number of aliphatic hydroxyl groups excluding tert-OH is 1. The molecule has 96 valence electrons. The van der Waals surface area contributed by atoms with Crippen LogP contribution in [0.5, 0.6) is 0 Å². The van der Waals surface area contributed by atoms with E-state index in [1.54, 1.807) is 11.3 Å². The second-order valence-electron chi connectivity index (χ2n) is 3.94. The Labute approximate surface area is 124 Å². The lowest BCUT2D eigenvalue weighted by molar-refractivity contribution is 0.175. The third-order valence-corrected chi connectivity index (χ3v) is 4.15. The van der Waals surface area contributed by atoms with Crippen molar-refractivity contribution in [3.05, 3.63) is 55.6 Å². The molecule has 1 heterocycles. The second kappa shape index (κ2) is 6.68. The van der Waals surface area contributed by atoms with Crippen molar-refractivity contribution in [2.45, 2.75) is 12.6 Å². The number of thiophene rings is 1. The SMILES string of the molecule is OC(CNCc1cc(Br)ccc1Cl)c1ccsc1. The fourth-order valence-corrected chi connectivity index (χ4v) is 2.90. The standard InChI is InChI=1S/C13H13BrClNOS/c14-11-1-2-12(15)10(5-11)6-16-7-13(17)9-3-4-18-8-9/h1-5,8,13,16-17H,6-7H2. The summed E-state index contributed by atoms with van der Waals surface area (Å²) in [5.74, 6) is 0. The fourth-order valence-electron chi connectivity index (χ4n) is 1.60. The van der Waals surface area contributed by atoms with Crippen LogP contribution in [0.4, 0.5) is 0 Å². The average molecular weight is 347 g/mol. The number of benzene rings is 1. The quantitative estimate of drug-likeness (QED) is 0.858. The Bertz CT molecular complexity index is 504. The van der Waals surface area contributed by atoms with E-state index in [2.05, 4.69) is 21.2 Å². The highest BCUT2D eigenvalue weighted by molar-refractivity contribution is 9.10. The highest BCUT2D eigenvalue weighted by Gasteiger charge is 2.07. The lowest BCUT2D eigenvalue weighted by Crippen LogP contribution is -2.20. The summed E-state index contributed by atoms with van der Waals surface area (Å²) < 4.78 is 1.00. The van der Waals surface area contributed by atoms with E-state index in [0.717, 1.165) is 20.6 Å². The van der Waals surface area contributed by atoms with Gasteiger partial charge >= 0.3 is 0 Å². The topological polar surface area (TPSA) is 32.3 Å². The lowest BCUT2D eigenvalue weighted by Gasteiger charge is -2.11. The van der Waals surface area contributed by atoms with Crippen molar-refractivity contribution >= 4 is 38.9 Å². The molecule has 0 amide bonds. The zero-order valence-corrected chi connectivity index (χ0v) is 12.7. The summed E-state index contributed by atoms with van der Waals surface area (Å²) in [6, 6.07) is 7.68. The van der Waals surface area contributed by atoms with Crippen LogP contribution in [0.1, 0.15) is 17.2 Å².